The molecule has 1 heterocycles. The number of carbonyl (C=O) groups excluding carboxylic acids is 1. The Bertz CT molecular complexity index is 969. The van der Waals surface area contributed by atoms with Crippen LogP contribution >= 0.6 is 24.0 Å². The fourth-order valence-electron chi connectivity index (χ4n) is 2.53. The summed E-state index contributed by atoms with van der Waals surface area (Å²) in [6.45, 7) is 3.63. The lowest BCUT2D eigenvalue weighted by Gasteiger charge is -2.26. The minimum Gasteiger partial charge on any atom is -0.410 e. The normalized spacial score (nSPS) is 11.8. The number of nitrogens with zero attached hydrogens (tertiary/aromatic N) is 2. The molecule has 0 aliphatic heterocycles. The molecule has 0 aliphatic carbocycles. The van der Waals surface area contributed by atoms with Crippen molar-refractivity contribution in [3.8, 4) is 5.75 Å². The quantitative estimate of drug-likeness (QED) is 0.535. The van der Waals surface area contributed by atoms with Crippen LogP contribution < -0.4 is 9.64 Å². The largest absolute Gasteiger partial charge is 0.419 e. The van der Waals surface area contributed by atoms with E-state index in [2.05, 4.69) is 17.6 Å². The summed E-state index contributed by atoms with van der Waals surface area (Å²) in [4.78, 5) is 18.3. The first-order chi connectivity index (χ1) is 12.6. The number of rotatable bonds is 3. The third-order valence-corrected chi connectivity index (χ3v) is 4.93. The Labute approximate surface area is 163 Å². The third kappa shape index (κ3) is 4.36. The Kier molecular flexibility index (Phi) is 5.34. The maximum absolute atomic E-state index is 12.6. The molecular formula is C18H15F3N2O2S2. The van der Waals surface area contributed by atoms with Gasteiger partial charge in [0.25, 0.3) is 0 Å². The van der Waals surface area contributed by atoms with E-state index in [-0.39, 0.29) is 11.8 Å². The molecule has 4 nitrogen and oxygen atoms in total. The molecular weight excluding hydrogens is 397 g/mol. The number of fused-ring (bicyclic) bond motifs is 1. The van der Waals surface area contributed by atoms with Crippen LogP contribution in [-0.2, 0) is 6.18 Å². The number of benzene rings is 2. The molecule has 1 amide bonds. The average molecular weight is 412 g/mol. The number of halogens is 3. The number of carbonyl (C=O) groups is 1. The van der Waals surface area contributed by atoms with E-state index in [4.69, 9.17) is 4.74 Å². The highest BCUT2D eigenvalue weighted by atomic mass is 32.2. The van der Waals surface area contributed by atoms with Gasteiger partial charge in [0.05, 0.1) is 15.8 Å². The van der Waals surface area contributed by atoms with E-state index < -0.39 is 17.8 Å². The van der Waals surface area contributed by atoms with Crippen LogP contribution in [-0.4, -0.2) is 17.1 Å². The van der Waals surface area contributed by atoms with Gasteiger partial charge in [0.1, 0.15) is 10.1 Å². The zero-order chi connectivity index (χ0) is 19.8. The van der Waals surface area contributed by atoms with Gasteiger partial charge in [0, 0.05) is 11.7 Å². The second-order valence-electron chi connectivity index (χ2n) is 6.00. The molecule has 0 atom stereocenters. The van der Waals surface area contributed by atoms with Crippen molar-refractivity contribution in [3.63, 3.8) is 0 Å². The maximum Gasteiger partial charge on any atom is 0.419 e. The lowest BCUT2D eigenvalue weighted by molar-refractivity contribution is -0.137. The van der Waals surface area contributed by atoms with Gasteiger partial charge in [0.2, 0.25) is 0 Å². The smallest absolute Gasteiger partial charge is 0.410 e. The van der Waals surface area contributed by atoms with Gasteiger partial charge in [0.15, 0.2) is 0 Å². The molecule has 2 aromatic carbocycles. The molecule has 3 aromatic rings. The molecule has 0 radical (unpaired) electrons. The van der Waals surface area contributed by atoms with Gasteiger partial charge in [-0.15, -0.1) is 24.0 Å². The number of hydrogen-bond donors (Lipinski definition) is 1. The highest BCUT2D eigenvalue weighted by Crippen LogP contribution is 2.32. The number of thiol groups is 1. The highest BCUT2D eigenvalue weighted by molar-refractivity contribution is 7.82. The monoisotopic (exact) mass is 412 g/mol. The van der Waals surface area contributed by atoms with Gasteiger partial charge in [-0.25, -0.2) is 9.78 Å². The van der Waals surface area contributed by atoms with Crippen molar-refractivity contribution in [1.82, 2.24) is 4.98 Å². The molecule has 0 fully saturated rings. The van der Waals surface area contributed by atoms with Crippen LogP contribution in [0.4, 0.5) is 23.7 Å². The summed E-state index contributed by atoms with van der Waals surface area (Å²) < 4.78 is 44.7. The van der Waals surface area contributed by atoms with Crippen LogP contribution in [0.5, 0.6) is 5.75 Å². The summed E-state index contributed by atoms with van der Waals surface area (Å²) in [6.07, 6.45) is -5.12. The minimum atomic E-state index is -4.44. The summed E-state index contributed by atoms with van der Waals surface area (Å²) in [5, 5.41) is 0. The molecule has 27 heavy (non-hydrogen) atoms. The van der Waals surface area contributed by atoms with Crippen molar-refractivity contribution in [2.24, 2.45) is 0 Å². The van der Waals surface area contributed by atoms with Crippen LogP contribution in [0, 0.1) is 0 Å². The van der Waals surface area contributed by atoms with Gasteiger partial charge in [-0.05, 0) is 56.3 Å². The second kappa shape index (κ2) is 7.40. The molecule has 0 N–H and O–H groups in total. The molecule has 142 valence electrons. The Morgan fingerprint density at radius 1 is 1.19 bits per heavy atom. The third-order valence-electron chi connectivity index (χ3n) is 3.74. The Morgan fingerprint density at radius 2 is 1.85 bits per heavy atom. The first kappa shape index (κ1) is 19.5. The standard InChI is InChI=1S/C18H15F3N2O2S2/c1-10(2)23(12-5-8-14-15(9-12)27-16(26)22-14)17(24)25-13-6-3-11(4-7-13)18(19,20)21/h3-10H,1-2H3,(H,22,26). The van der Waals surface area contributed by atoms with Crippen LogP contribution in [0.2, 0.25) is 0 Å². The number of anilines is 1. The minimum absolute atomic E-state index is 0.0372. The first-order valence-electron chi connectivity index (χ1n) is 7.93. The Hall–Kier alpha value is -2.26. The fourth-order valence-corrected chi connectivity index (χ4v) is 3.67. The van der Waals surface area contributed by atoms with Crippen LogP contribution in [0.25, 0.3) is 10.2 Å². The SMILES string of the molecule is CC(C)N(C(=O)Oc1ccc(C(F)(F)F)cc1)c1ccc2nc(S)sc2c1. The van der Waals surface area contributed by atoms with Crippen LogP contribution in [0.15, 0.2) is 46.8 Å². The van der Waals surface area contributed by atoms with Gasteiger partial charge >= 0.3 is 12.3 Å². The summed E-state index contributed by atoms with van der Waals surface area (Å²) >= 11 is 5.61. The average Bonchev–Trinajstić information content (AvgIpc) is 2.93. The fraction of sp³-hybridized carbons (Fsp3) is 0.222. The molecule has 0 unspecified atom stereocenters. The Balaban J connectivity index is 1.84. The van der Waals surface area contributed by atoms with Gasteiger partial charge in [-0.2, -0.15) is 13.2 Å². The zero-order valence-corrected chi connectivity index (χ0v) is 16.0. The second-order valence-corrected chi connectivity index (χ2v) is 7.76. The molecule has 0 spiro atoms. The highest BCUT2D eigenvalue weighted by Gasteiger charge is 2.30. The van der Waals surface area contributed by atoms with Crippen LogP contribution in [0.1, 0.15) is 19.4 Å². The number of amides is 1. The lowest BCUT2D eigenvalue weighted by Crippen LogP contribution is -2.39. The first-order valence-corrected chi connectivity index (χ1v) is 9.19. The maximum atomic E-state index is 12.6. The van der Waals surface area contributed by atoms with Gasteiger partial charge < -0.3 is 4.74 Å². The summed E-state index contributed by atoms with van der Waals surface area (Å²) in [5.41, 5.74) is 0.571. The van der Waals surface area contributed by atoms with E-state index in [0.717, 1.165) is 34.5 Å². The summed E-state index contributed by atoms with van der Waals surface area (Å²) in [5.74, 6) is 0.0372. The lowest BCUT2D eigenvalue weighted by atomic mass is 10.2. The van der Waals surface area contributed by atoms with Crippen molar-refractivity contribution in [3.05, 3.63) is 48.0 Å². The molecule has 9 heteroatoms. The molecule has 0 saturated heterocycles. The zero-order valence-electron chi connectivity index (χ0n) is 14.3. The molecule has 0 aliphatic rings. The topological polar surface area (TPSA) is 42.4 Å². The van der Waals surface area contributed by atoms with Crippen molar-refractivity contribution < 1.29 is 22.7 Å². The van der Waals surface area contributed by atoms with E-state index >= 15 is 0 Å². The summed E-state index contributed by atoms with van der Waals surface area (Å²) in [7, 11) is 0. The predicted molar refractivity (Wildman–Crippen MR) is 102 cm³/mol. The number of alkyl halides is 3. The molecule has 3 rings (SSSR count). The van der Waals surface area contributed by atoms with Crippen molar-refractivity contribution >= 4 is 46.0 Å². The predicted octanol–water partition coefficient (Wildman–Crippen LogP) is 6.02. The van der Waals surface area contributed by atoms with Gasteiger partial charge in [-0.1, -0.05) is 0 Å². The molecule has 0 saturated carbocycles. The summed E-state index contributed by atoms with van der Waals surface area (Å²) in [6, 6.07) is 9.09. The number of hydrogen-bond acceptors (Lipinski definition) is 5. The van der Waals surface area contributed by atoms with Crippen molar-refractivity contribution in [1.29, 1.82) is 0 Å². The van der Waals surface area contributed by atoms with E-state index in [0.29, 0.717) is 10.0 Å². The van der Waals surface area contributed by atoms with E-state index in [1.165, 1.54) is 16.2 Å². The Morgan fingerprint density at radius 3 is 2.44 bits per heavy atom. The van der Waals surface area contributed by atoms with E-state index in [1.807, 2.05) is 13.8 Å². The molecule has 1 aromatic heterocycles. The number of ether oxygens (including phenoxy) is 1. The number of thiazole rings is 1. The van der Waals surface area contributed by atoms with E-state index in [9.17, 15) is 18.0 Å². The van der Waals surface area contributed by atoms with Crippen LogP contribution in [0.3, 0.4) is 0 Å². The number of aromatic nitrogens is 1. The van der Waals surface area contributed by atoms with E-state index in [1.54, 1.807) is 18.2 Å². The molecule has 0 bridgehead atoms. The van der Waals surface area contributed by atoms with Gasteiger partial charge in [-0.3, -0.25) is 4.90 Å². The van der Waals surface area contributed by atoms with Crippen molar-refractivity contribution in [2.45, 2.75) is 30.4 Å². The van der Waals surface area contributed by atoms with Crippen molar-refractivity contribution in [2.75, 3.05) is 4.90 Å².